The fourth-order valence-electron chi connectivity index (χ4n) is 2.88. The number of amides is 1. The Labute approximate surface area is 185 Å². The van der Waals surface area contributed by atoms with Gasteiger partial charge in [-0.3, -0.25) is 14.6 Å². The number of anilines is 2. The minimum Gasteiger partial charge on any atom is -0.369 e. The smallest absolute Gasteiger partial charge is 0.260 e. The Balaban J connectivity index is 1.85. The fourth-order valence-corrected chi connectivity index (χ4v) is 3.32. The molecule has 0 fully saturated rings. The average Bonchev–Trinajstić information content (AvgIpc) is 2.69. The largest absolute Gasteiger partial charge is 0.369 e. The second-order valence-electron chi connectivity index (χ2n) is 6.28. The number of nitrogens with zero attached hydrogens (tertiary/aromatic N) is 1. The van der Waals surface area contributed by atoms with Crippen molar-refractivity contribution in [2.75, 3.05) is 16.4 Å². The number of nitrogens with two attached hydrogens (primary N) is 1. The monoisotopic (exact) mass is 494 g/mol. The topological polar surface area (TPSA) is 101 Å². The molecular formula is C20H17BrCl2N4O2. The number of benzene rings is 2. The number of hydrogen-bond donors (Lipinski definition) is 3. The summed E-state index contributed by atoms with van der Waals surface area (Å²) >= 11 is 15.2. The molecule has 0 aliphatic carbocycles. The van der Waals surface area contributed by atoms with Gasteiger partial charge in [-0.1, -0.05) is 57.3 Å². The van der Waals surface area contributed by atoms with Crippen LogP contribution in [0.2, 0.25) is 10.0 Å². The summed E-state index contributed by atoms with van der Waals surface area (Å²) in [4.78, 5) is 30.8. The molecule has 9 heteroatoms. The van der Waals surface area contributed by atoms with Gasteiger partial charge in [0.25, 0.3) is 5.56 Å². The van der Waals surface area contributed by atoms with Gasteiger partial charge in [0.1, 0.15) is 0 Å². The number of nitrogen functional groups attached to an aromatic ring is 1. The lowest BCUT2D eigenvalue weighted by Crippen LogP contribution is -2.17. The van der Waals surface area contributed by atoms with E-state index in [0.29, 0.717) is 45.4 Å². The highest BCUT2D eigenvalue weighted by Crippen LogP contribution is 2.28. The number of halogens is 3. The lowest BCUT2D eigenvalue weighted by atomic mass is 10.0. The van der Waals surface area contributed by atoms with Gasteiger partial charge in [0.2, 0.25) is 11.9 Å². The molecule has 1 aromatic heterocycles. The molecule has 1 amide bonds. The number of nitrogens with one attached hydrogen (secondary N) is 2. The molecule has 2 aromatic carbocycles. The lowest BCUT2D eigenvalue weighted by molar-refractivity contribution is -0.113. The molecular weight excluding hydrogens is 479 g/mol. The third kappa shape index (κ3) is 5.38. The average molecular weight is 496 g/mol. The van der Waals surface area contributed by atoms with Gasteiger partial charge in [0, 0.05) is 5.69 Å². The van der Waals surface area contributed by atoms with E-state index in [9.17, 15) is 9.59 Å². The van der Waals surface area contributed by atoms with E-state index in [4.69, 9.17) is 28.9 Å². The quantitative estimate of drug-likeness (QED) is 0.440. The molecule has 1 heterocycles. The summed E-state index contributed by atoms with van der Waals surface area (Å²) in [6.45, 7) is 0. The van der Waals surface area contributed by atoms with Crippen molar-refractivity contribution in [2.24, 2.45) is 0 Å². The van der Waals surface area contributed by atoms with Gasteiger partial charge in [-0.05, 0) is 48.2 Å². The Morgan fingerprint density at radius 2 is 1.83 bits per heavy atom. The first-order valence-corrected chi connectivity index (χ1v) is 10.5. The molecule has 29 heavy (non-hydrogen) atoms. The Hall–Kier alpha value is -2.35. The van der Waals surface area contributed by atoms with E-state index in [0.717, 1.165) is 5.56 Å². The van der Waals surface area contributed by atoms with Crippen molar-refractivity contribution in [3.8, 4) is 11.1 Å². The summed E-state index contributed by atoms with van der Waals surface area (Å²) in [5.41, 5.74) is 8.77. The normalized spacial score (nSPS) is 10.7. The number of hydrogen-bond acceptors (Lipinski definition) is 4. The molecule has 0 aliphatic rings. The van der Waals surface area contributed by atoms with E-state index in [1.165, 1.54) is 0 Å². The SMILES string of the molecule is Nc1nc(CCc2ccc(NC(=O)CBr)cc2)c(-c2ccc(Cl)c(Cl)c2)c(=O)[nH]1. The third-order valence-corrected chi connectivity index (χ3v) is 5.48. The zero-order chi connectivity index (χ0) is 21.0. The summed E-state index contributed by atoms with van der Waals surface area (Å²) in [5, 5.41) is 3.76. The molecule has 6 nitrogen and oxygen atoms in total. The zero-order valence-corrected chi connectivity index (χ0v) is 18.2. The van der Waals surface area contributed by atoms with E-state index in [1.54, 1.807) is 18.2 Å². The zero-order valence-electron chi connectivity index (χ0n) is 15.1. The molecule has 0 atom stereocenters. The number of alkyl halides is 1. The maximum atomic E-state index is 12.5. The van der Waals surface area contributed by atoms with E-state index in [-0.39, 0.29) is 22.7 Å². The van der Waals surface area contributed by atoms with Crippen molar-refractivity contribution in [3.05, 3.63) is 74.1 Å². The van der Waals surface area contributed by atoms with Gasteiger partial charge < -0.3 is 11.1 Å². The predicted molar refractivity (Wildman–Crippen MR) is 121 cm³/mol. The summed E-state index contributed by atoms with van der Waals surface area (Å²) in [6, 6.07) is 12.5. The number of rotatable bonds is 6. The Kier molecular flexibility index (Phi) is 6.95. The summed E-state index contributed by atoms with van der Waals surface area (Å²) in [7, 11) is 0. The number of H-pyrrole nitrogens is 1. The fraction of sp³-hybridized carbons (Fsp3) is 0.150. The van der Waals surface area contributed by atoms with Crippen LogP contribution in [0, 0.1) is 0 Å². The highest BCUT2D eigenvalue weighted by Gasteiger charge is 2.14. The van der Waals surface area contributed by atoms with Crippen LogP contribution >= 0.6 is 39.1 Å². The van der Waals surface area contributed by atoms with Gasteiger partial charge in [0.05, 0.1) is 26.6 Å². The highest BCUT2D eigenvalue weighted by atomic mass is 79.9. The van der Waals surface area contributed by atoms with Crippen LogP contribution in [-0.2, 0) is 17.6 Å². The molecule has 150 valence electrons. The molecule has 0 saturated heterocycles. The van der Waals surface area contributed by atoms with Gasteiger partial charge in [-0.2, -0.15) is 0 Å². The van der Waals surface area contributed by atoms with Crippen LogP contribution in [0.15, 0.2) is 47.3 Å². The molecule has 0 radical (unpaired) electrons. The molecule has 0 spiro atoms. The predicted octanol–water partition coefficient (Wildman–Crippen LogP) is 4.44. The van der Waals surface area contributed by atoms with Crippen molar-refractivity contribution >= 4 is 56.7 Å². The number of carbonyl (C=O) groups is 1. The molecule has 0 saturated carbocycles. The first-order chi connectivity index (χ1) is 13.9. The van der Waals surface area contributed by atoms with Gasteiger partial charge in [-0.25, -0.2) is 4.98 Å². The standard InChI is InChI=1S/C20H17BrCl2N4O2/c21-10-17(28)25-13-5-1-11(2-6-13)3-8-16-18(19(29)27-20(24)26-16)12-4-7-14(22)15(23)9-12/h1-2,4-7,9H,3,8,10H2,(H,25,28)(H3,24,26,27,29). The van der Waals surface area contributed by atoms with E-state index in [2.05, 4.69) is 31.2 Å². The van der Waals surface area contributed by atoms with E-state index in [1.807, 2.05) is 24.3 Å². The van der Waals surface area contributed by atoms with Crippen LogP contribution in [0.3, 0.4) is 0 Å². The van der Waals surface area contributed by atoms with E-state index >= 15 is 0 Å². The van der Waals surface area contributed by atoms with Crippen LogP contribution in [0.4, 0.5) is 11.6 Å². The Morgan fingerprint density at radius 1 is 1.10 bits per heavy atom. The summed E-state index contributed by atoms with van der Waals surface area (Å²) in [6.07, 6.45) is 1.13. The minimum atomic E-state index is -0.335. The Morgan fingerprint density at radius 3 is 2.48 bits per heavy atom. The van der Waals surface area contributed by atoms with Crippen molar-refractivity contribution in [2.45, 2.75) is 12.8 Å². The van der Waals surface area contributed by atoms with Gasteiger partial charge in [-0.15, -0.1) is 0 Å². The molecule has 4 N–H and O–H groups in total. The Bertz CT molecular complexity index is 1100. The second-order valence-corrected chi connectivity index (χ2v) is 7.66. The van der Waals surface area contributed by atoms with Crippen LogP contribution in [0.5, 0.6) is 0 Å². The number of aromatic nitrogens is 2. The lowest BCUT2D eigenvalue weighted by Gasteiger charge is -2.10. The molecule has 3 rings (SSSR count). The number of aromatic amines is 1. The minimum absolute atomic E-state index is 0.0571. The van der Waals surface area contributed by atoms with Crippen molar-refractivity contribution in [1.29, 1.82) is 0 Å². The van der Waals surface area contributed by atoms with Crippen LogP contribution < -0.4 is 16.6 Å². The van der Waals surface area contributed by atoms with Crippen molar-refractivity contribution in [3.63, 3.8) is 0 Å². The summed E-state index contributed by atoms with van der Waals surface area (Å²) in [5.74, 6) is -0.0613. The van der Waals surface area contributed by atoms with Crippen LogP contribution in [0.25, 0.3) is 11.1 Å². The molecule has 0 unspecified atom stereocenters. The van der Waals surface area contributed by atoms with Crippen LogP contribution in [-0.4, -0.2) is 21.2 Å². The van der Waals surface area contributed by atoms with Gasteiger partial charge in [0.15, 0.2) is 0 Å². The molecule has 3 aromatic rings. The molecule has 0 bridgehead atoms. The van der Waals surface area contributed by atoms with Crippen molar-refractivity contribution in [1.82, 2.24) is 9.97 Å². The maximum absolute atomic E-state index is 12.5. The second kappa shape index (κ2) is 9.43. The number of aryl methyl sites for hydroxylation is 2. The first kappa shape index (κ1) is 21.4. The first-order valence-electron chi connectivity index (χ1n) is 8.66. The molecule has 0 aliphatic heterocycles. The number of carbonyl (C=O) groups excluding carboxylic acids is 1. The third-order valence-electron chi connectivity index (χ3n) is 4.23. The van der Waals surface area contributed by atoms with Gasteiger partial charge >= 0.3 is 0 Å². The maximum Gasteiger partial charge on any atom is 0.260 e. The highest BCUT2D eigenvalue weighted by molar-refractivity contribution is 9.09. The van der Waals surface area contributed by atoms with Crippen molar-refractivity contribution < 1.29 is 4.79 Å². The van der Waals surface area contributed by atoms with Crippen LogP contribution in [0.1, 0.15) is 11.3 Å². The summed E-state index contributed by atoms with van der Waals surface area (Å²) < 4.78 is 0. The van der Waals surface area contributed by atoms with E-state index < -0.39 is 0 Å².